The maximum Gasteiger partial charge on any atom is 0.0696 e. The molecular formula is C12H25NO. The van der Waals surface area contributed by atoms with Crippen molar-refractivity contribution in [3.63, 3.8) is 0 Å². The van der Waals surface area contributed by atoms with E-state index in [2.05, 4.69) is 19.2 Å². The van der Waals surface area contributed by atoms with Crippen molar-refractivity contribution in [3.8, 4) is 0 Å². The van der Waals surface area contributed by atoms with Gasteiger partial charge in [-0.25, -0.2) is 0 Å². The number of likely N-dealkylation sites (N-methyl/N-ethyl adjacent to an activating group) is 1. The van der Waals surface area contributed by atoms with E-state index in [1.807, 2.05) is 7.11 Å². The van der Waals surface area contributed by atoms with Crippen molar-refractivity contribution in [2.75, 3.05) is 13.7 Å². The van der Waals surface area contributed by atoms with Crippen LogP contribution in [0.3, 0.4) is 0 Å². The van der Waals surface area contributed by atoms with Crippen molar-refractivity contribution in [3.05, 3.63) is 0 Å². The highest BCUT2D eigenvalue weighted by molar-refractivity contribution is 4.79. The summed E-state index contributed by atoms with van der Waals surface area (Å²) in [4.78, 5) is 0. The number of rotatable bonds is 6. The summed E-state index contributed by atoms with van der Waals surface area (Å²) in [5, 5.41) is 3.54. The highest BCUT2D eigenvalue weighted by Gasteiger charge is 2.23. The molecule has 1 saturated carbocycles. The molecule has 0 aromatic rings. The minimum atomic E-state index is 0.343. The summed E-state index contributed by atoms with van der Waals surface area (Å²) in [6.45, 7) is 5.39. The second kappa shape index (κ2) is 6.41. The summed E-state index contributed by atoms with van der Waals surface area (Å²) in [6, 6.07) is 0.549. The van der Waals surface area contributed by atoms with Crippen molar-refractivity contribution in [2.45, 2.75) is 58.1 Å². The summed E-state index contributed by atoms with van der Waals surface area (Å²) in [6.07, 6.45) is 7.37. The van der Waals surface area contributed by atoms with Gasteiger partial charge in [-0.15, -0.1) is 0 Å². The van der Waals surface area contributed by atoms with Crippen molar-refractivity contribution in [1.82, 2.24) is 5.32 Å². The van der Waals surface area contributed by atoms with Gasteiger partial charge < -0.3 is 10.1 Å². The van der Waals surface area contributed by atoms with E-state index in [-0.39, 0.29) is 0 Å². The van der Waals surface area contributed by atoms with Crippen LogP contribution in [0.2, 0.25) is 0 Å². The molecule has 1 aliphatic rings. The van der Waals surface area contributed by atoms with Gasteiger partial charge in [0, 0.05) is 13.2 Å². The predicted molar refractivity (Wildman–Crippen MR) is 60.5 cm³/mol. The molecule has 1 aliphatic carbocycles. The van der Waals surface area contributed by atoms with Crippen LogP contribution in [0.15, 0.2) is 0 Å². The molecule has 0 aromatic carbocycles. The number of ether oxygens (including phenoxy) is 1. The zero-order chi connectivity index (χ0) is 10.4. The van der Waals surface area contributed by atoms with E-state index in [1.165, 1.54) is 32.1 Å². The molecule has 0 aromatic heterocycles. The zero-order valence-corrected chi connectivity index (χ0v) is 9.88. The van der Waals surface area contributed by atoms with Gasteiger partial charge in [0.15, 0.2) is 0 Å². The molecule has 0 radical (unpaired) electrons. The lowest BCUT2D eigenvalue weighted by Crippen LogP contribution is -2.40. The van der Waals surface area contributed by atoms with E-state index >= 15 is 0 Å². The maximum atomic E-state index is 5.41. The van der Waals surface area contributed by atoms with Crippen molar-refractivity contribution in [1.29, 1.82) is 0 Å². The van der Waals surface area contributed by atoms with Crippen LogP contribution in [0.4, 0.5) is 0 Å². The Hall–Kier alpha value is -0.0800. The van der Waals surface area contributed by atoms with Crippen LogP contribution in [0.1, 0.15) is 46.0 Å². The first-order chi connectivity index (χ1) is 6.77. The van der Waals surface area contributed by atoms with E-state index in [0.29, 0.717) is 12.1 Å². The maximum absolute atomic E-state index is 5.41. The van der Waals surface area contributed by atoms with E-state index in [4.69, 9.17) is 4.74 Å². The fourth-order valence-electron chi connectivity index (χ4n) is 2.47. The topological polar surface area (TPSA) is 21.3 Å². The Bertz CT molecular complexity index is 143. The van der Waals surface area contributed by atoms with Gasteiger partial charge in [-0.1, -0.05) is 32.6 Å². The third-order valence-corrected chi connectivity index (χ3v) is 3.47. The van der Waals surface area contributed by atoms with Gasteiger partial charge >= 0.3 is 0 Å². The molecule has 0 heterocycles. The summed E-state index contributed by atoms with van der Waals surface area (Å²) in [5.74, 6) is 0.941. The first kappa shape index (κ1) is 12.0. The minimum Gasteiger partial charge on any atom is -0.380 e. The molecule has 0 amide bonds. The fraction of sp³-hybridized carbons (Fsp3) is 1.00. The van der Waals surface area contributed by atoms with E-state index < -0.39 is 0 Å². The number of methoxy groups -OCH3 is 1. The molecule has 2 heteroatoms. The Kier molecular flexibility index (Phi) is 5.49. The highest BCUT2D eigenvalue weighted by Crippen LogP contribution is 2.29. The molecule has 0 spiro atoms. The van der Waals surface area contributed by atoms with Crippen LogP contribution in [-0.4, -0.2) is 25.8 Å². The third-order valence-electron chi connectivity index (χ3n) is 3.47. The normalized spacial score (nSPS) is 22.5. The van der Waals surface area contributed by atoms with Gasteiger partial charge in [0.05, 0.1) is 6.10 Å². The smallest absolute Gasteiger partial charge is 0.0696 e. The second-order valence-electron chi connectivity index (χ2n) is 4.49. The van der Waals surface area contributed by atoms with Gasteiger partial charge in [0.25, 0.3) is 0 Å². The van der Waals surface area contributed by atoms with Crippen LogP contribution in [-0.2, 0) is 4.74 Å². The number of hydrogen-bond donors (Lipinski definition) is 1. The van der Waals surface area contributed by atoms with E-state index in [1.54, 1.807) is 0 Å². The van der Waals surface area contributed by atoms with Crippen LogP contribution < -0.4 is 5.32 Å². The van der Waals surface area contributed by atoms with Gasteiger partial charge in [0.1, 0.15) is 0 Å². The Balaban J connectivity index is 2.33. The largest absolute Gasteiger partial charge is 0.380 e. The molecule has 1 rings (SSSR count). The standard InChI is InChI=1S/C12H25NO/c1-4-13-12(10(2)14-3)9-11-7-5-6-8-11/h10-13H,4-9H2,1-3H3. The van der Waals surface area contributed by atoms with Gasteiger partial charge in [-0.2, -0.15) is 0 Å². The molecule has 2 unspecified atom stereocenters. The van der Waals surface area contributed by atoms with Crippen molar-refractivity contribution < 1.29 is 4.74 Å². The quantitative estimate of drug-likeness (QED) is 0.710. The monoisotopic (exact) mass is 199 g/mol. The van der Waals surface area contributed by atoms with Gasteiger partial charge in [-0.05, 0) is 25.8 Å². The molecule has 0 saturated heterocycles. The fourth-order valence-corrected chi connectivity index (χ4v) is 2.47. The van der Waals surface area contributed by atoms with E-state index in [9.17, 15) is 0 Å². The summed E-state index contributed by atoms with van der Waals surface area (Å²) in [7, 11) is 1.81. The molecule has 0 bridgehead atoms. The average Bonchev–Trinajstić information content (AvgIpc) is 2.68. The number of hydrogen-bond acceptors (Lipinski definition) is 2. The first-order valence-electron chi connectivity index (χ1n) is 6.04. The Morgan fingerprint density at radius 3 is 2.50 bits per heavy atom. The number of nitrogens with one attached hydrogen (secondary N) is 1. The molecule has 2 nitrogen and oxygen atoms in total. The van der Waals surface area contributed by atoms with Gasteiger partial charge in [0.2, 0.25) is 0 Å². The first-order valence-corrected chi connectivity index (χ1v) is 6.04. The van der Waals surface area contributed by atoms with Crippen molar-refractivity contribution in [2.24, 2.45) is 5.92 Å². The molecule has 0 aliphatic heterocycles. The molecule has 1 fully saturated rings. The lowest BCUT2D eigenvalue weighted by molar-refractivity contribution is 0.0747. The molecular weight excluding hydrogens is 174 g/mol. The molecule has 84 valence electrons. The minimum absolute atomic E-state index is 0.343. The predicted octanol–water partition coefficient (Wildman–Crippen LogP) is 2.58. The average molecular weight is 199 g/mol. The Morgan fingerprint density at radius 1 is 1.36 bits per heavy atom. The van der Waals surface area contributed by atoms with E-state index in [0.717, 1.165) is 12.5 Å². The van der Waals surface area contributed by atoms with Crippen molar-refractivity contribution >= 4 is 0 Å². The highest BCUT2D eigenvalue weighted by atomic mass is 16.5. The lowest BCUT2D eigenvalue weighted by Gasteiger charge is -2.26. The van der Waals surface area contributed by atoms with Gasteiger partial charge in [-0.3, -0.25) is 0 Å². The molecule has 14 heavy (non-hydrogen) atoms. The Morgan fingerprint density at radius 2 is 2.00 bits per heavy atom. The Labute approximate surface area is 88.4 Å². The molecule has 2 atom stereocenters. The molecule has 1 N–H and O–H groups in total. The van der Waals surface area contributed by atoms with Crippen LogP contribution in [0.25, 0.3) is 0 Å². The van der Waals surface area contributed by atoms with Crippen LogP contribution in [0.5, 0.6) is 0 Å². The second-order valence-corrected chi connectivity index (χ2v) is 4.49. The lowest BCUT2D eigenvalue weighted by atomic mass is 9.95. The summed E-state index contributed by atoms with van der Waals surface area (Å²) < 4.78 is 5.41. The third kappa shape index (κ3) is 3.58. The summed E-state index contributed by atoms with van der Waals surface area (Å²) in [5.41, 5.74) is 0. The van der Waals surface area contributed by atoms with Crippen LogP contribution >= 0.6 is 0 Å². The van der Waals surface area contributed by atoms with Crippen LogP contribution in [0, 0.1) is 5.92 Å². The zero-order valence-electron chi connectivity index (χ0n) is 9.88. The summed E-state index contributed by atoms with van der Waals surface area (Å²) >= 11 is 0. The SMILES string of the molecule is CCNC(CC1CCCC1)C(C)OC.